The fourth-order valence-electron chi connectivity index (χ4n) is 3.98. The zero-order chi connectivity index (χ0) is 25.7. The van der Waals surface area contributed by atoms with Crippen molar-refractivity contribution in [1.29, 1.82) is 5.26 Å². The molecule has 0 aliphatic carbocycles. The molecule has 1 aromatic heterocycles. The Balaban J connectivity index is 1.76. The molecular weight excluding hydrogens is 468 g/mol. The Morgan fingerprint density at radius 3 is 2.06 bits per heavy atom. The fraction of sp³-hybridized carbons (Fsp3) is 0.167. The second kappa shape index (κ2) is 11.1. The molecule has 0 fully saturated rings. The highest BCUT2D eigenvalue weighted by Crippen LogP contribution is 2.35. The number of ether oxygens (including phenoxy) is 2. The van der Waals surface area contributed by atoms with E-state index in [1.165, 1.54) is 11.8 Å². The van der Waals surface area contributed by atoms with E-state index in [0.29, 0.717) is 21.8 Å². The van der Waals surface area contributed by atoms with Gasteiger partial charge in [0.25, 0.3) is 0 Å². The molecule has 0 bridgehead atoms. The minimum atomic E-state index is 0.00374. The molecule has 0 N–H and O–H groups in total. The SMILES string of the molecule is COc1ccc(-c2cc(-c3ccc(OC)cc3)c(C#N)c(SCC(=O)c3ccc(C)cc3C)n2)cc1. The Bertz CT molecular complexity index is 1440. The number of rotatable bonds is 8. The standard InChI is InChI=1S/C30H26N2O3S/c1-19-5-14-25(20(2)15-19)29(33)18-36-30-27(17-31)26(21-6-10-23(34-3)11-7-21)16-28(32-30)22-8-12-24(35-4)13-9-22/h5-16H,18H2,1-4H3. The number of thioether (sulfide) groups is 1. The number of ketones is 1. The van der Waals surface area contributed by atoms with Gasteiger partial charge >= 0.3 is 0 Å². The zero-order valence-electron chi connectivity index (χ0n) is 20.7. The van der Waals surface area contributed by atoms with Crippen LogP contribution in [0.3, 0.4) is 0 Å². The third-order valence-corrected chi connectivity index (χ3v) is 6.88. The summed E-state index contributed by atoms with van der Waals surface area (Å²) >= 11 is 1.29. The summed E-state index contributed by atoms with van der Waals surface area (Å²) in [5.74, 6) is 1.66. The molecule has 0 atom stereocenters. The third-order valence-electron chi connectivity index (χ3n) is 5.91. The Hall–Kier alpha value is -4.08. The molecule has 0 aliphatic heterocycles. The number of nitrogens with zero attached hydrogens (tertiary/aromatic N) is 2. The van der Waals surface area contributed by atoms with Gasteiger partial charge in [-0.15, -0.1) is 0 Å². The smallest absolute Gasteiger partial charge is 0.173 e. The van der Waals surface area contributed by atoms with Gasteiger partial charge in [-0.05, 0) is 67.4 Å². The second-order valence-electron chi connectivity index (χ2n) is 8.33. The molecule has 4 rings (SSSR count). The molecule has 0 radical (unpaired) electrons. The number of hydrogen-bond acceptors (Lipinski definition) is 6. The number of nitriles is 1. The van der Waals surface area contributed by atoms with Crippen molar-refractivity contribution < 1.29 is 14.3 Å². The zero-order valence-corrected chi connectivity index (χ0v) is 21.5. The first-order valence-electron chi connectivity index (χ1n) is 11.4. The normalized spacial score (nSPS) is 10.5. The summed E-state index contributed by atoms with van der Waals surface area (Å²) in [5, 5.41) is 10.6. The lowest BCUT2D eigenvalue weighted by Crippen LogP contribution is -2.06. The van der Waals surface area contributed by atoms with E-state index in [4.69, 9.17) is 14.5 Å². The Morgan fingerprint density at radius 2 is 1.50 bits per heavy atom. The predicted octanol–water partition coefficient (Wildman–Crippen LogP) is 6.90. The van der Waals surface area contributed by atoms with Crippen LogP contribution in [0.2, 0.25) is 0 Å². The molecule has 4 aromatic rings. The first-order valence-corrected chi connectivity index (χ1v) is 12.4. The fourth-order valence-corrected chi connectivity index (χ4v) is 4.87. The number of carbonyl (C=O) groups excluding carboxylic acids is 1. The number of hydrogen-bond donors (Lipinski definition) is 0. The minimum Gasteiger partial charge on any atom is -0.497 e. The van der Waals surface area contributed by atoms with Crippen molar-refractivity contribution >= 4 is 17.5 Å². The van der Waals surface area contributed by atoms with E-state index in [-0.39, 0.29) is 11.5 Å². The maximum Gasteiger partial charge on any atom is 0.173 e. The maximum atomic E-state index is 13.0. The predicted molar refractivity (Wildman–Crippen MR) is 144 cm³/mol. The van der Waals surface area contributed by atoms with E-state index >= 15 is 0 Å². The van der Waals surface area contributed by atoms with Gasteiger partial charge in [-0.25, -0.2) is 4.98 Å². The average Bonchev–Trinajstić information content (AvgIpc) is 2.91. The van der Waals surface area contributed by atoms with Crippen molar-refractivity contribution in [1.82, 2.24) is 4.98 Å². The van der Waals surface area contributed by atoms with Gasteiger partial charge in [-0.1, -0.05) is 47.7 Å². The van der Waals surface area contributed by atoms with Crippen LogP contribution < -0.4 is 9.47 Å². The largest absolute Gasteiger partial charge is 0.497 e. The van der Waals surface area contributed by atoms with Gasteiger partial charge in [0.15, 0.2) is 5.78 Å². The van der Waals surface area contributed by atoms with Crippen molar-refractivity contribution in [2.24, 2.45) is 0 Å². The van der Waals surface area contributed by atoms with E-state index < -0.39 is 0 Å². The van der Waals surface area contributed by atoms with Crippen LogP contribution in [0.4, 0.5) is 0 Å². The summed E-state index contributed by atoms with van der Waals surface area (Å²) in [6, 6.07) is 25.2. The monoisotopic (exact) mass is 494 g/mol. The molecule has 5 nitrogen and oxygen atoms in total. The molecule has 3 aromatic carbocycles. The highest BCUT2D eigenvalue weighted by Gasteiger charge is 2.18. The lowest BCUT2D eigenvalue weighted by atomic mass is 9.99. The number of carbonyl (C=O) groups is 1. The van der Waals surface area contributed by atoms with Crippen molar-refractivity contribution in [3.63, 3.8) is 0 Å². The van der Waals surface area contributed by atoms with Gasteiger partial charge in [0.05, 0.1) is 31.2 Å². The number of Topliss-reactive ketones (excluding diaryl/α,β-unsaturated/α-hetero) is 1. The maximum absolute atomic E-state index is 13.0. The summed E-state index contributed by atoms with van der Waals surface area (Å²) in [4.78, 5) is 17.9. The van der Waals surface area contributed by atoms with Crippen LogP contribution in [0.5, 0.6) is 11.5 Å². The van der Waals surface area contributed by atoms with Gasteiger partial charge in [0.1, 0.15) is 22.6 Å². The van der Waals surface area contributed by atoms with Gasteiger partial charge in [-0.2, -0.15) is 5.26 Å². The van der Waals surface area contributed by atoms with E-state index in [0.717, 1.165) is 39.3 Å². The molecule has 0 aliphatic rings. The minimum absolute atomic E-state index is 0.00374. The summed E-state index contributed by atoms with van der Waals surface area (Å²) < 4.78 is 10.6. The number of pyridine rings is 1. The molecule has 1 heterocycles. The number of aryl methyl sites for hydroxylation is 2. The van der Waals surface area contributed by atoms with Crippen LogP contribution in [0.15, 0.2) is 77.8 Å². The molecule has 0 amide bonds. The number of benzene rings is 3. The lowest BCUT2D eigenvalue weighted by Gasteiger charge is -2.13. The molecule has 0 unspecified atom stereocenters. The molecule has 0 saturated heterocycles. The van der Waals surface area contributed by atoms with Crippen LogP contribution in [0.1, 0.15) is 27.0 Å². The highest BCUT2D eigenvalue weighted by molar-refractivity contribution is 8.00. The quantitative estimate of drug-likeness (QED) is 0.196. The molecule has 180 valence electrons. The second-order valence-corrected chi connectivity index (χ2v) is 9.30. The van der Waals surface area contributed by atoms with Crippen LogP contribution in [-0.4, -0.2) is 30.7 Å². The summed E-state index contributed by atoms with van der Waals surface area (Å²) in [6.07, 6.45) is 0. The lowest BCUT2D eigenvalue weighted by molar-refractivity contribution is 0.102. The molecule has 6 heteroatoms. The van der Waals surface area contributed by atoms with E-state index in [1.807, 2.05) is 86.6 Å². The van der Waals surface area contributed by atoms with E-state index in [9.17, 15) is 10.1 Å². The Kier molecular flexibility index (Phi) is 7.72. The van der Waals surface area contributed by atoms with Crippen LogP contribution in [0, 0.1) is 25.2 Å². The van der Waals surface area contributed by atoms with Crippen molar-refractivity contribution in [2.45, 2.75) is 18.9 Å². The third kappa shape index (κ3) is 5.42. The summed E-state index contributed by atoms with van der Waals surface area (Å²) in [7, 11) is 3.24. The van der Waals surface area contributed by atoms with Crippen LogP contribution in [-0.2, 0) is 0 Å². The molecular formula is C30H26N2O3S. The summed E-state index contributed by atoms with van der Waals surface area (Å²) in [6.45, 7) is 3.94. The van der Waals surface area contributed by atoms with Crippen molar-refractivity contribution in [2.75, 3.05) is 20.0 Å². The van der Waals surface area contributed by atoms with E-state index in [1.54, 1.807) is 14.2 Å². The van der Waals surface area contributed by atoms with Crippen LogP contribution >= 0.6 is 11.8 Å². The van der Waals surface area contributed by atoms with Crippen molar-refractivity contribution in [3.8, 4) is 40.0 Å². The molecule has 0 saturated carbocycles. The Morgan fingerprint density at radius 1 is 0.889 bits per heavy atom. The Labute approximate surface area is 215 Å². The van der Waals surface area contributed by atoms with Crippen molar-refractivity contribution in [3.05, 3.63) is 95.1 Å². The first-order chi connectivity index (χ1) is 17.4. The number of methoxy groups -OCH3 is 2. The highest BCUT2D eigenvalue weighted by atomic mass is 32.2. The topological polar surface area (TPSA) is 72.2 Å². The van der Waals surface area contributed by atoms with Gasteiger partial charge in [0, 0.05) is 16.7 Å². The summed E-state index contributed by atoms with van der Waals surface area (Å²) in [5.41, 5.74) is 6.40. The molecule has 36 heavy (non-hydrogen) atoms. The van der Waals surface area contributed by atoms with E-state index in [2.05, 4.69) is 6.07 Å². The van der Waals surface area contributed by atoms with Gasteiger partial charge in [-0.3, -0.25) is 4.79 Å². The average molecular weight is 495 g/mol. The molecule has 0 spiro atoms. The van der Waals surface area contributed by atoms with Crippen LogP contribution in [0.25, 0.3) is 22.4 Å². The van der Waals surface area contributed by atoms with Gasteiger partial charge in [0.2, 0.25) is 0 Å². The number of aromatic nitrogens is 1. The van der Waals surface area contributed by atoms with Gasteiger partial charge < -0.3 is 9.47 Å². The first kappa shape index (κ1) is 25.0.